The number of rotatable bonds is 3. The number of hydrogen-bond acceptors (Lipinski definition) is 4. The maximum Gasteiger partial charge on any atom is 0.159 e. The van der Waals surface area contributed by atoms with Gasteiger partial charge in [0.05, 0.1) is 24.2 Å². The highest BCUT2D eigenvalue weighted by atomic mass is 16.3. The lowest BCUT2D eigenvalue weighted by Gasteiger charge is -2.26. The first kappa shape index (κ1) is 13.1. The van der Waals surface area contributed by atoms with Gasteiger partial charge < -0.3 is 10.4 Å². The van der Waals surface area contributed by atoms with E-state index in [9.17, 15) is 5.11 Å². The van der Waals surface area contributed by atoms with Crippen molar-refractivity contribution in [2.75, 3.05) is 5.32 Å². The number of nitrogens with one attached hydrogen (secondary N) is 1. The van der Waals surface area contributed by atoms with Crippen molar-refractivity contribution in [1.82, 2.24) is 9.97 Å². The predicted molar refractivity (Wildman–Crippen MR) is 79.4 cm³/mol. The average Bonchev–Trinajstić information content (AvgIpc) is 2.51. The molecule has 0 aliphatic heterocycles. The maximum absolute atomic E-state index is 9.50. The molecule has 0 unspecified atom stereocenters. The third-order valence-electron chi connectivity index (χ3n) is 3.75. The van der Waals surface area contributed by atoms with Crippen molar-refractivity contribution in [3.05, 3.63) is 42.7 Å². The lowest BCUT2D eigenvalue weighted by Crippen LogP contribution is -2.28. The van der Waals surface area contributed by atoms with Gasteiger partial charge in [0, 0.05) is 11.6 Å². The number of aromatic nitrogens is 2. The molecule has 0 amide bonds. The Morgan fingerprint density at radius 2 is 1.60 bits per heavy atom. The van der Waals surface area contributed by atoms with Gasteiger partial charge in [-0.25, -0.2) is 9.97 Å². The standard InChI is InChI=1S/C16H19N3O/c20-15-8-6-13(7-9-15)19-14-10-17-16(18-11-14)12-4-2-1-3-5-12/h1-5,10-11,13,15,19-20H,6-9H2. The Kier molecular flexibility index (Phi) is 3.92. The third kappa shape index (κ3) is 3.14. The summed E-state index contributed by atoms with van der Waals surface area (Å²) in [5, 5.41) is 12.9. The van der Waals surface area contributed by atoms with E-state index in [1.165, 1.54) is 0 Å². The van der Waals surface area contributed by atoms with Crippen LogP contribution in [0.2, 0.25) is 0 Å². The summed E-state index contributed by atoms with van der Waals surface area (Å²) in [7, 11) is 0. The number of benzene rings is 1. The van der Waals surface area contributed by atoms with Crippen LogP contribution in [0.1, 0.15) is 25.7 Å². The average molecular weight is 269 g/mol. The highest BCUT2D eigenvalue weighted by molar-refractivity contribution is 5.55. The molecular weight excluding hydrogens is 250 g/mol. The van der Waals surface area contributed by atoms with E-state index >= 15 is 0 Å². The summed E-state index contributed by atoms with van der Waals surface area (Å²) in [6.45, 7) is 0. The molecule has 20 heavy (non-hydrogen) atoms. The Morgan fingerprint density at radius 1 is 0.950 bits per heavy atom. The number of aliphatic hydroxyl groups excluding tert-OH is 1. The van der Waals surface area contributed by atoms with Crippen LogP contribution < -0.4 is 5.32 Å². The van der Waals surface area contributed by atoms with Crippen LogP contribution in [-0.2, 0) is 0 Å². The lowest BCUT2D eigenvalue weighted by atomic mass is 9.93. The largest absolute Gasteiger partial charge is 0.393 e. The zero-order valence-electron chi connectivity index (χ0n) is 11.4. The summed E-state index contributed by atoms with van der Waals surface area (Å²) in [4.78, 5) is 8.81. The SMILES string of the molecule is OC1CCC(Nc2cnc(-c3ccccc3)nc2)CC1. The Hall–Kier alpha value is -1.94. The Labute approximate surface area is 118 Å². The quantitative estimate of drug-likeness (QED) is 0.899. The van der Waals surface area contributed by atoms with E-state index in [4.69, 9.17) is 0 Å². The van der Waals surface area contributed by atoms with Gasteiger partial charge in [0.1, 0.15) is 0 Å². The summed E-state index contributed by atoms with van der Waals surface area (Å²) in [6, 6.07) is 10.4. The molecule has 1 saturated carbocycles. The summed E-state index contributed by atoms with van der Waals surface area (Å²) >= 11 is 0. The fraction of sp³-hybridized carbons (Fsp3) is 0.375. The molecule has 0 radical (unpaired) electrons. The van der Waals surface area contributed by atoms with Gasteiger partial charge in [-0.05, 0) is 25.7 Å². The smallest absolute Gasteiger partial charge is 0.159 e. The molecule has 0 saturated heterocycles. The Balaban J connectivity index is 1.65. The van der Waals surface area contributed by atoms with Crippen molar-refractivity contribution >= 4 is 5.69 Å². The number of anilines is 1. The number of hydrogen-bond donors (Lipinski definition) is 2. The summed E-state index contributed by atoms with van der Waals surface area (Å²) in [5.74, 6) is 0.746. The minimum atomic E-state index is -0.121. The van der Waals surface area contributed by atoms with Gasteiger partial charge in [0.2, 0.25) is 0 Å². The summed E-state index contributed by atoms with van der Waals surface area (Å²) < 4.78 is 0. The highest BCUT2D eigenvalue weighted by Crippen LogP contribution is 2.22. The fourth-order valence-electron chi connectivity index (χ4n) is 2.59. The second-order valence-electron chi connectivity index (χ2n) is 5.31. The first-order chi connectivity index (χ1) is 9.81. The minimum Gasteiger partial charge on any atom is -0.393 e. The van der Waals surface area contributed by atoms with E-state index in [-0.39, 0.29) is 6.10 Å². The second kappa shape index (κ2) is 6.01. The van der Waals surface area contributed by atoms with E-state index in [0.717, 1.165) is 42.8 Å². The van der Waals surface area contributed by atoms with Crippen LogP contribution in [0.3, 0.4) is 0 Å². The van der Waals surface area contributed by atoms with Crippen molar-refractivity contribution in [3.8, 4) is 11.4 Å². The number of nitrogens with zero attached hydrogens (tertiary/aromatic N) is 2. The molecule has 104 valence electrons. The van der Waals surface area contributed by atoms with Gasteiger partial charge in [-0.3, -0.25) is 0 Å². The molecule has 3 rings (SSSR count). The van der Waals surface area contributed by atoms with Crippen molar-refractivity contribution in [1.29, 1.82) is 0 Å². The van der Waals surface area contributed by atoms with E-state index in [1.54, 1.807) is 0 Å². The molecule has 2 N–H and O–H groups in total. The van der Waals surface area contributed by atoms with Crippen molar-refractivity contribution < 1.29 is 5.11 Å². The van der Waals surface area contributed by atoms with Gasteiger partial charge in [-0.2, -0.15) is 0 Å². The molecule has 0 atom stereocenters. The molecule has 4 nitrogen and oxygen atoms in total. The zero-order chi connectivity index (χ0) is 13.8. The van der Waals surface area contributed by atoms with Crippen LogP contribution in [0, 0.1) is 0 Å². The number of aliphatic hydroxyl groups is 1. The molecule has 1 aromatic heterocycles. The summed E-state index contributed by atoms with van der Waals surface area (Å²) in [6.07, 6.45) is 7.30. The van der Waals surface area contributed by atoms with Crippen LogP contribution in [0.25, 0.3) is 11.4 Å². The second-order valence-corrected chi connectivity index (χ2v) is 5.31. The van der Waals surface area contributed by atoms with Gasteiger partial charge in [0.15, 0.2) is 5.82 Å². The molecule has 0 bridgehead atoms. The van der Waals surface area contributed by atoms with Gasteiger partial charge in [0.25, 0.3) is 0 Å². The molecule has 0 spiro atoms. The van der Waals surface area contributed by atoms with Gasteiger partial charge in [-0.1, -0.05) is 30.3 Å². The topological polar surface area (TPSA) is 58.0 Å². The van der Waals surface area contributed by atoms with Crippen molar-refractivity contribution in [2.24, 2.45) is 0 Å². The highest BCUT2D eigenvalue weighted by Gasteiger charge is 2.19. The predicted octanol–water partition coefficient (Wildman–Crippen LogP) is 2.86. The third-order valence-corrected chi connectivity index (χ3v) is 3.75. The molecule has 1 heterocycles. The van der Waals surface area contributed by atoms with E-state index in [1.807, 2.05) is 42.7 Å². The molecule has 1 aliphatic carbocycles. The minimum absolute atomic E-state index is 0.121. The maximum atomic E-state index is 9.50. The molecule has 2 aromatic rings. The molecule has 1 fully saturated rings. The van der Waals surface area contributed by atoms with Crippen LogP contribution in [0.4, 0.5) is 5.69 Å². The fourth-order valence-corrected chi connectivity index (χ4v) is 2.59. The monoisotopic (exact) mass is 269 g/mol. The lowest BCUT2D eigenvalue weighted by molar-refractivity contribution is 0.126. The van der Waals surface area contributed by atoms with Crippen molar-refractivity contribution in [3.63, 3.8) is 0 Å². The Bertz CT molecular complexity index is 533. The van der Waals surface area contributed by atoms with E-state index < -0.39 is 0 Å². The van der Waals surface area contributed by atoms with E-state index in [2.05, 4.69) is 15.3 Å². The van der Waals surface area contributed by atoms with Crippen LogP contribution in [0.15, 0.2) is 42.7 Å². The van der Waals surface area contributed by atoms with Gasteiger partial charge in [-0.15, -0.1) is 0 Å². The van der Waals surface area contributed by atoms with Crippen molar-refractivity contribution in [2.45, 2.75) is 37.8 Å². The molecule has 1 aliphatic rings. The normalized spacial score (nSPS) is 22.4. The first-order valence-corrected chi connectivity index (χ1v) is 7.13. The molecular formula is C16H19N3O. The first-order valence-electron chi connectivity index (χ1n) is 7.13. The Morgan fingerprint density at radius 3 is 2.25 bits per heavy atom. The van der Waals surface area contributed by atoms with Crippen LogP contribution in [0.5, 0.6) is 0 Å². The van der Waals surface area contributed by atoms with E-state index in [0.29, 0.717) is 6.04 Å². The zero-order valence-corrected chi connectivity index (χ0v) is 11.4. The molecule has 4 heteroatoms. The van der Waals surface area contributed by atoms with Crippen LogP contribution in [-0.4, -0.2) is 27.2 Å². The van der Waals surface area contributed by atoms with Gasteiger partial charge >= 0.3 is 0 Å². The molecule has 1 aromatic carbocycles. The van der Waals surface area contributed by atoms with Crippen LogP contribution >= 0.6 is 0 Å². The summed E-state index contributed by atoms with van der Waals surface area (Å²) in [5.41, 5.74) is 1.98.